The minimum Gasteiger partial charge on any atom is -0.458 e. The van der Waals surface area contributed by atoms with E-state index in [1.54, 1.807) is 19.9 Å². The second-order valence-electron chi connectivity index (χ2n) is 8.82. The molecule has 0 aromatic carbocycles. The predicted molar refractivity (Wildman–Crippen MR) is 132 cm³/mol. The van der Waals surface area contributed by atoms with Crippen LogP contribution in [0.25, 0.3) is 0 Å². The molecule has 0 radical (unpaired) electrons. The summed E-state index contributed by atoms with van der Waals surface area (Å²) in [5, 5.41) is 18.6. The summed E-state index contributed by atoms with van der Waals surface area (Å²) in [6.45, 7) is 8.76. The SMILES string of the molecule is C=C1C(=O)O[C@@H]2/C=C(/C)[C@@H](OC(C)=O)C/C=C(\C)C[C@@H](OC(=O)/C(=C/CO)COC(=O)/C(=C/C)CO)[C@@H]12. The average Bonchev–Trinajstić information content (AvgIpc) is 3.11. The van der Waals surface area contributed by atoms with Crippen LogP contribution in [0.5, 0.6) is 0 Å². The fourth-order valence-corrected chi connectivity index (χ4v) is 4.06. The van der Waals surface area contributed by atoms with Crippen LogP contribution >= 0.6 is 0 Å². The third-order valence-electron chi connectivity index (χ3n) is 6.11. The number of carbonyl (C=O) groups is 4. The molecule has 0 spiro atoms. The molecule has 4 atom stereocenters. The Bertz CT molecular complexity index is 1050. The maximum atomic E-state index is 13.1. The van der Waals surface area contributed by atoms with E-state index in [1.807, 2.05) is 13.0 Å². The van der Waals surface area contributed by atoms with Gasteiger partial charge in [0.15, 0.2) is 0 Å². The van der Waals surface area contributed by atoms with Gasteiger partial charge in [-0.25, -0.2) is 14.4 Å². The van der Waals surface area contributed by atoms with E-state index >= 15 is 0 Å². The van der Waals surface area contributed by atoms with Crippen LogP contribution in [0.2, 0.25) is 0 Å². The molecular formula is C27H34O10. The highest BCUT2D eigenvalue weighted by Crippen LogP contribution is 2.36. The molecule has 1 saturated heterocycles. The van der Waals surface area contributed by atoms with Crippen molar-refractivity contribution in [3.63, 3.8) is 0 Å². The summed E-state index contributed by atoms with van der Waals surface area (Å²) in [7, 11) is 0. The van der Waals surface area contributed by atoms with Gasteiger partial charge in [0, 0.05) is 25.3 Å². The third kappa shape index (κ3) is 7.99. The van der Waals surface area contributed by atoms with Crippen molar-refractivity contribution < 1.29 is 48.3 Å². The largest absolute Gasteiger partial charge is 0.458 e. The molecule has 0 saturated carbocycles. The molecule has 2 rings (SSSR count). The van der Waals surface area contributed by atoms with Crippen molar-refractivity contribution in [2.75, 3.05) is 19.8 Å². The molecule has 202 valence electrons. The Morgan fingerprint density at radius 2 is 1.86 bits per heavy atom. The lowest BCUT2D eigenvalue weighted by Gasteiger charge is -2.28. The zero-order valence-corrected chi connectivity index (χ0v) is 21.5. The number of aliphatic hydroxyl groups is 2. The van der Waals surface area contributed by atoms with Gasteiger partial charge in [-0.3, -0.25) is 4.79 Å². The fraction of sp³-hybridized carbons (Fsp3) is 0.481. The highest BCUT2D eigenvalue weighted by atomic mass is 16.6. The lowest BCUT2D eigenvalue weighted by Crippen LogP contribution is -2.35. The molecule has 2 aliphatic rings. The minimum atomic E-state index is -0.872. The molecule has 0 bridgehead atoms. The fourth-order valence-electron chi connectivity index (χ4n) is 4.06. The molecule has 0 aromatic heterocycles. The van der Waals surface area contributed by atoms with Crippen LogP contribution in [0.1, 0.15) is 40.5 Å². The monoisotopic (exact) mass is 518 g/mol. The number of hydrogen-bond acceptors (Lipinski definition) is 10. The first-order valence-corrected chi connectivity index (χ1v) is 11.9. The lowest BCUT2D eigenvalue weighted by atomic mass is 9.85. The maximum absolute atomic E-state index is 13.1. The van der Waals surface area contributed by atoms with Crippen molar-refractivity contribution in [1.82, 2.24) is 0 Å². The van der Waals surface area contributed by atoms with E-state index in [0.717, 1.165) is 11.6 Å². The number of allylic oxidation sites excluding steroid dienone is 1. The van der Waals surface area contributed by atoms with Gasteiger partial charge in [-0.05, 0) is 38.5 Å². The van der Waals surface area contributed by atoms with E-state index in [1.165, 1.54) is 13.0 Å². The molecule has 37 heavy (non-hydrogen) atoms. The number of ether oxygens (including phenoxy) is 4. The lowest BCUT2D eigenvalue weighted by molar-refractivity contribution is -0.149. The number of rotatable bonds is 8. The van der Waals surface area contributed by atoms with Crippen molar-refractivity contribution in [2.45, 2.75) is 58.8 Å². The van der Waals surface area contributed by atoms with Gasteiger partial charge in [-0.2, -0.15) is 0 Å². The Kier molecular flexibility index (Phi) is 11.0. The Morgan fingerprint density at radius 1 is 1.16 bits per heavy atom. The molecule has 0 unspecified atom stereocenters. The average molecular weight is 519 g/mol. The predicted octanol–water partition coefficient (Wildman–Crippen LogP) is 2.01. The molecule has 0 aromatic rings. The number of hydrogen-bond donors (Lipinski definition) is 2. The smallest absolute Gasteiger partial charge is 0.337 e. The topological polar surface area (TPSA) is 146 Å². The Morgan fingerprint density at radius 3 is 2.46 bits per heavy atom. The van der Waals surface area contributed by atoms with Crippen LogP contribution in [-0.2, 0) is 38.1 Å². The van der Waals surface area contributed by atoms with Gasteiger partial charge in [0.25, 0.3) is 0 Å². The second-order valence-corrected chi connectivity index (χ2v) is 8.82. The molecule has 1 aliphatic heterocycles. The third-order valence-corrected chi connectivity index (χ3v) is 6.11. The highest BCUT2D eigenvalue weighted by molar-refractivity contribution is 5.93. The van der Waals surface area contributed by atoms with E-state index in [4.69, 9.17) is 18.9 Å². The van der Waals surface area contributed by atoms with Crippen molar-refractivity contribution in [2.24, 2.45) is 5.92 Å². The molecule has 2 N–H and O–H groups in total. The van der Waals surface area contributed by atoms with Gasteiger partial charge in [0.2, 0.25) is 0 Å². The zero-order valence-electron chi connectivity index (χ0n) is 21.5. The van der Waals surface area contributed by atoms with Crippen molar-refractivity contribution in [1.29, 1.82) is 0 Å². The van der Waals surface area contributed by atoms with E-state index in [9.17, 15) is 29.4 Å². The van der Waals surface area contributed by atoms with Crippen LogP contribution in [0, 0.1) is 5.92 Å². The van der Waals surface area contributed by atoms with Gasteiger partial charge in [0.1, 0.15) is 24.9 Å². The molecular weight excluding hydrogens is 484 g/mol. The van der Waals surface area contributed by atoms with Gasteiger partial charge in [-0.1, -0.05) is 24.3 Å². The Balaban J connectivity index is 2.34. The highest BCUT2D eigenvalue weighted by Gasteiger charge is 2.45. The van der Waals surface area contributed by atoms with Crippen LogP contribution in [0.4, 0.5) is 0 Å². The summed E-state index contributed by atoms with van der Waals surface area (Å²) < 4.78 is 21.8. The summed E-state index contributed by atoms with van der Waals surface area (Å²) in [6.07, 6.45) is 4.45. The molecule has 1 heterocycles. The van der Waals surface area contributed by atoms with Gasteiger partial charge in [0.05, 0.1) is 30.3 Å². The number of fused-ring (bicyclic) bond motifs is 1. The van der Waals surface area contributed by atoms with E-state index in [2.05, 4.69) is 6.58 Å². The zero-order chi connectivity index (χ0) is 27.7. The van der Waals surface area contributed by atoms with Crippen molar-refractivity contribution >= 4 is 23.9 Å². The number of carbonyl (C=O) groups excluding carboxylic acids is 4. The first kappa shape index (κ1) is 29.7. The summed E-state index contributed by atoms with van der Waals surface area (Å²) in [6, 6.07) is 0. The normalized spacial score (nSPS) is 27.6. The quantitative estimate of drug-likeness (QED) is 0.212. The van der Waals surface area contributed by atoms with Crippen molar-refractivity contribution in [3.05, 3.63) is 58.7 Å². The molecule has 10 nitrogen and oxygen atoms in total. The summed E-state index contributed by atoms with van der Waals surface area (Å²) in [5.41, 5.74) is 1.51. The van der Waals surface area contributed by atoms with E-state index in [0.29, 0.717) is 12.0 Å². The van der Waals surface area contributed by atoms with Crippen LogP contribution in [0.15, 0.2) is 58.7 Å². The number of aliphatic hydroxyl groups excluding tert-OH is 2. The van der Waals surface area contributed by atoms with Gasteiger partial charge in [-0.15, -0.1) is 0 Å². The van der Waals surface area contributed by atoms with E-state index in [-0.39, 0.29) is 23.1 Å². The summed E-state index contributed by atoms with van der Waals surface area (Å²) >= 11 is 0. The maximum Gasteiger partial charge on any atom is 0.337 e. The van der Waals surface area contributed by atoms with Gasteiger partial charge >= 0.3 is 23.9 Å². The van der Waals surface area contributed by atoms with Crippen LogP contribution in [0.3, 0.4) is 0 Å². The van der Waals surface area contributed by atoms with Crippen LogP contribution in [-0.4, -0.2) is 72.2 Å². The molecule has 10 heteroatoms. The van der Waals surface area contributed by atoms with E-state index < -0.39 is 67.9 Å². The van der Waals surface area contributed by atoms with Crippen molar-refractivity contribution in [3.8, 4) is 0 Å². The molecule has 1 fully saturated rings. The first-order valence-electron chi connectivity index (χ1n) is 11.9. The summed E-state index contributed by atoms with van der Waals surface area (Å²) in [4.78, 5) is 49.2. The second kappa shape index (κ2) is 13.7. The standard InChI is InChI=1S/C27H34O10/c1-6-19(13-29)26(32)34-14-20(9-10-28)27(33)37-22-11-15(2)7-8-21(35-18(5)30)16(3)12-23-24(22)17(4)25(31)36-23/h6-7,9,12,21-24,28-29H,4,8,10-11,13-14H2,1-3,5H3/b15-7+,16-12-,19-6+,20-9+/t21-,22+,23+,24+/m0/s1. The summed E-state index contributed by atoms with van der Waals surface area (Å²) in [5.74, 6) is -3.47. The van der Waals surface area contributed by atoms with Crippen LogP contribution < -0.4 is 0 Å². The number of esters is 4. The minimum absolute atomic E-state index is 0.0137. The Labute approximate surface area is 215 Å². The first-order chi connectivity index (χ1) is 17.5. The Hall–Kier alpha value is -3.50. The molecule has 1 aliphatic carbocycles. The molecule has 0 amide bonds. The van der Waals surface area contributed by atoms with Gasteiger partial charge < -0.3 is 29.2 Å².